The van der Waals surface area contributed by atoms with Crippen molar-refractivity contribution in [3.63, 3.8) is 0 Å². The molecule has 7 nitrogen and oxygen atoms in total. The Balaban J connectivity index is 1.54. The van der Waals surface area contributed by atoms with Crippen LogP contribution in [0.3, 0.4) is 0 Å². The molecule has 3 heterocycles. The van der Waals surface area contributed by atoms with Crippen molar-refractivity contribution in [2.75, 3.05) is 11.9 Å². The Bertz CT molecular complexity index is 1190. The number of nitrogens with one attached hydrogen (secondary N) is 1. The van der Waals surface area contributed by atoms with E-state index in [4.69, 9.17) is 4.42 Å². The molecular weight excluding hydrogens is 443 g/mol. The molecule has 1 aromatic carbocycles. The van der Waals surface area contributed by atoms with E-state index in [2.05, 4.69) is 10.3 Å². The number of sulfonamides is 1. The number of rotatable bonds is 4. The fraction of sp³-hybridized carbons (Fsp3) is 0.222. The van der Waals surface area contributed by atoms with Crippen molar-refractivity contribution < 1.29 is 30.8 Å². The number of anilines is 1. The lowest BCUT2D eigenvalue weighted by molar-refractivity contribution is -0.137. The molecule has 12 heteroatoms. The lowest BCUT2D eigenvalue weighted by atomic mass is 10.2. The number of hydrogen-bond donors (Lipinski definition) is 1. The molecule has 158 valence electrons. The molecule has 1 amide bonds. The first-order valence-corrected chi connectivity index (χ1v) is 10.9. The lowest BCUT2D eigenvalue weighted by Crippen LogP contribution is -2.35. The predicted octanol–water partition coefficient (Wildman–Crippen LogP) is 3.75. The van der Waals surface area contributed by atoms with Gasteiger partial charge in [-0.2, -0.15) is 17.5 Å². The summed E-state index contributed by atoms with van der Waals surface area (Å²) >= 11 is 1.12. The second kappa shape index (κ2) is 7.52. The summed E-state index contributed by atoms with van der Waals surface area (Å²) in [4.78, 5) is 16.6. The quantitative estimate of drug-likeness (QED) is 0.644. The molecule has 0 bridgehead atoms. The number of halogens is 3. The second-order valence-corrected chi connectivity index (χ2v) is 9.49. The number of benzene rings is 1. The van der Waals surface area contributed by atoms with E-state index in [1.807, 2.05) is 0 Å². The molecule has 1 aliphatic rings. The molecular formula is C18H14F3N3O4S2. The molecule has 0 atom stereocenters. The van der Waals surface area contributed by atoms with Gasteiger partial charge in [0.25, 0.3) is 5.91 Å². The Morgan fingerprint density at radius 1 is 1.27 bits per heavy atom. The molecule has 0 aliphatic carbocycles. The van der Waals surface area contributed by atoms with Crippen LogP contribution in [0.1, 0.15) is 26.5 Å². The Kier molecular flexibility index (Phi) is 5.16. The number of amides is 1. The molecule has 0 fully saturated rings. The maximum Gasteiger partial charge on any atom is 0.416 e. The second-order valence-electron chi connectivity index (χ2n) is 6.47. The molecule has 0 unspecified atom stereocenters. The van der Waals surface area contributed by atoms with Gasteiger partial charge in [-0.25, -0.2) is 13.4 Å². The molecule has 0 radical (unpaired) electrons. The van der Waals surface area contributed by atoms with Crippen LogP contribution in [0.25, 0.3) is 0 Å². The number of fused-ring (bicyclic) bond motifs is 1. The van der Waals surface area contributed by atoms with E-state index in [1.165, 1.54) is 18.6 Å². The molecule has 4 rings (SSSR count). The smallest absolute Gasteiger partial charge is 0.416 e. The molecule has 0 saturated carbocycles. The van der Waals surface area contributed by atoms with Crippen LogP contribution >= 0.6 is 11.3 Å². The summed E-state index contributed by atoms with van der Waals surface area (Å²) in [6.45, 7) is 0.0393. The normalized spacial score (nSPS) is 15.0. The van der Waals surface area contributed by atoms with Gasteiger partial charge < -0.3 is 4.42 Å². The molecule has 30 heavy (non-hydrogen) atoms. The van der Waals surface area contributed by atoms with E-state index in [-0.39, 0.29) is 19.5 Å². The monoisotopic (exact) mass is 457 g/mol. The minimum atomic E-state index is -4.64. The summed E-state index contributed by atoms with van der Waals surface area (Å²) in [5.41, 5.74) is -0.0572. The summed E-state index contributed by atoms with van der Waals surface area (Å²) in [5.74, 6) is -0.414. The lowest BCUT2D eigenvalue weighted by Gasteiger charge is -2.25. The van der Waals surface area contributed by atoms with Crippen LogP contribution in [0, 0.1) is 0 Å². The topological polar surface area (TPSA) is 92.5 Å². The number of nitrogens with zero attached hydrogens (tertiary/aromatic N) is 2. The van der Waals surface area contributed by atoms with Crippen molar-refractivity contribution in [3.05, 3.63) is 64.6 Å². The third-order valence-corrected chi connectivity index (χ3v) is 7.34. The Hall–Kier alpha value is -2.70. The average Bonchev–Trinajstić information content (AvgIpc) is 3.36. The molecule has 2 aromatic heterocycles. The first-order valence-electron chi connectivity index (χ1n) is 8.64. The highest BCUT2D eigenvalue weighted by Crippen LogP contribution is 2.34. The Morgan fingerprint density at radius 2 is 2.07 bits per heavy atom. The average molecular weight is 457 g/mol. The van der Waals surface area contributed by atoms with Gasteiger partial charge in [-0.3, -0.25) is 10.1 Å². The predicted molar refractivity (Wildman–Crippen MR) is 102 cm³/mol. The first-order chi connectivity index (χ1) is 14.1. The van der Waals surface area contributed by atoms with Crippen molar-refractivity contribution in [2.45, 2.75) is 24.0 Å². The van der Waals surface area contributed by atoms with E-state index in [9.17, 15) is 26.4 Å². The van der Waals surface area contributed by atoms with Crippen molar-refractivity contribution in [1.82, 2.24) is 9.29 Å². The number of aromatic nitrogens is 1. The standard InChI is InChI=1S/C18H14F3N3O4S2/c19-18(20,21)12-2-1-3-13(8-12)30(26,27)24-6-4-14-15(9-24)29-17(22-14)23-16(25)11-5-7-28-10-11/h1-3,5,7-8,10H,4,6,9H2,(H,22,23,25). The zero-order chi connectivity index (χ0) is 21.5. The summed E-state index contributed by atoms with van der Waals surface area (Å²) in [6, 6.07) is 5.16. The van der Waals surface area contributed by atoms with E-state index >= 15 is 0 Å². The minimum Gasteiger partial charge on any atom is -0.472 e. The van der Waals surface area contributed by atoms with Crippen LogP contribution in [0.5, 0.6) is 0 Å². The number of alkyl halides is 3. The van der Waals surface area contributed by atoms with Crippen LogP contribution in [-0.2, 0) is 29.2 Å². The molecule has 0 saturated heterocycles. The van der Waals surface area contributed by atoms with Crippen molar-refractivity contribution in [2.24, 2.45) is 0 Å². The molecule has 1 N–H and O–H groups in total. The highest BCUT2D eigenvalue weighted by molar-refractivity contribution is 7.89. The van der Waals surface area contributed by atoms with E-state index in [0.717, 1.165) is 33.8 Å². The third-order valence-electron chi connectivity index (χ3n) is 4.50. The van der Waals surface area contributed by atoms with Crippen molar-refractivity contribution in [1.29, 1.82) is 0 Å². The maximum atomic E-state index is 12.9. The fourth-order valence-electron chi connectivity index (χ4n) is 2.98. The number of carbonyl (C=O) groups excluding carboxylic acids is 1. The van der Waals surface area contributed by atoms with E-state index < -0.39 is 32.6 Å². The number of hydrogen-bond acceptors (Lipinski definition) is 6. The summed E-state index contributed by atoms with van der Waals surface area (Å²) in [7, 11) is -4.12. The summed E-state index contributed by atoms with van der Waals surface area (Å²) in [5, 5.41) is 2.94. The minimum absolute atomic E-state index is 0.0346. The highest BCUT2D eigenvalue weighted by Gasteiger charge is 2.34. The third kappa shape index (κ3) is 3.98. The van der Waals surface area contributed by atoms with Gasteiger partial charge in [0.05, 0.1) is 34.5 Å². The molecule has 1 aliphatic heterocycles. The van der Waals surface area contributed by atoms with Gasteiger partial charge in [0.1, 0.15) is 6.26 Å². The van der Waals surface area contributed by atoms with Crippen molar-refractivity contribution >= 4 is 32.4 Å². The van der Waals surface area contributed by atoms with E-state index in [1.54, 1.807) is 0 Å². The van der Waals surface area contributed by atoms with Gasteiger partial charge in [0, 0.05) is 17.8 Å². The van der Waals surface area contributed by atoms with Crippen LogP contribution in [0.15, 0.2) is 52.2 Å². The summed E-state index contributed by atoms with van der Waals surface area (Å²) in [6.07, 6.45) is -1.71. The maximum absolute atomic E-state index is 12.9. The van der Waals surface area contributed by atoms with Gasteiger partial charge in [0.2, 0.25) is 10.0 Å². The Morgan fingerprint density at radius 3 is 2.77 bits per heavy atom. The first kappa shape index (κ1) is 20.6. The zero-order valence-corrected chi connectivity index (χ0v) is 16.8. The van der Waals surface area contributed by atoms with Crippen LogP contribution in [0.4, 0.5) is 18.3 Å². The van der Waals surface area contributed by atoms with Crippen LogP contribution in [0.2, 0.25) is 0 Å². The van der Waals surface area contributed by atoms with Crippen LogP contribution < -0.4 is 5.32 Å². The van der Waals surface area contributed by atoms with Crippen molar-refractivity contribution in [3.8, 4) is 0 Å². The van der Waals surface area contributed by atoms with E-state index in [0.29, 0.717) is 27.3 Å². The van der Waals surface area contributed by atoms with Gasteiger partial charge in [0.15, 0.2) is 5.13 Å². The SMILES string of the molecule is O=C(Nc1nc2c(s1)CN(S(=O)(=O)c1cccc(C(F)(F)F)c1)CC2)c1ccoc1. The molecule has 0 spiro atoms. The Labute approximate surface area is 173 Å². The number of thiazole rings is 1. The van der Waals surface area contributed by atoms with Gasteiger partial charge in [-0.1, -0.05) is 6.07 Å². The summed E-state index contributed by atoms with van der Waals surface area (Å²) < 4.78 is 70.6. The van der Waals surface area contributed by atoms with Gasteiger partial charge in [-0.05, 0) is 24.3 Å². The number of carbonyl (C=O) groups is 1. The van der Waals surface area contributed by atoms with Gasteiger partial charge in [-0.15, -0.1) is 11.3 Å². The van der Waals surface area contributed by atoms with Crippen LogP contribution in [-0.4, -0.2) is 30.2 Å². The highest BCUT2D eigenvalue weighted by atomic mass is 32.2. The largest absolute Gasteiger partial charge is 0.472 e. The molecule has 3 aromatic rings. The van der Waals surface area contributed by atoms with Gasteiger partial charge >= 0.3 is 6.18 Å². The zero-order valence-electron chi connectivity index (χ0n) is 15.1. The fourth-order valence-corrected chi connectivity index (χ4v) is 5.53. The number of furan rings is 1.